The van der Waals surface area contributed by atoms with Gasteiger partial charge in [-0.2, -0.15) is 0 Å². The summed E-state index contributed by atoms with van der Waals surface area (Å²) >= 11 is 0. The molecule has 0 aliphatic rings. The van der Waals surface area contributed by atoms with E-state index in [2.05, 4.69) is 4.74 Å². The summed E-state index contributed by atoms with van der Waals surface area (Å²) in [5.41, 5.74) is 1.60. The van der Waals surface area contributed by atoms with Crippen LogP contribution in [0.4, 0.5) is 0 Å². The van der Waals surface area contributed by atoms with Crippen molar-refractivity contribution in [2.24, 2.45) is 0 Å². The Kier molecular flexibility index (Phi) is 6.06. The summed E-state index contributed by atoms with van der Waals surface area (Å²) in [6, 6.07) is 5.55. The van der Waals surface area contributed by atoms with Gasteiger partial charge in [-0.25, -0.2) is 0 Å². The maximum absolute atomic E-state index is 12.1. The number of hydrogen-bond donors (Lipinski definition) is 0. The minimum atomic E-state index is -0.290. The van der Waals surface area contributed by atoms with E-state index in [1.165, 1.54) is 7.11 Å². The van der Waals surface area contributed by atoms with E-state index in [-0.39, 0.29) is 18.2 Å². The van der Waals surface area contributed by atoms with Crippen LogP contribution in [-0.4, -0.2) is 25.5 Å². The quantitative estimate of drug-likeness (QED) is 0.561. The van der Waals surface area contributed by atoms with Crippen LogP contribution in [0, 0.1) is 6.92 Å². The molecule has 0 amide bonds. The molecule has 0 atom stereocenters. The molecule has 0 saturated carbocycles. The van der Waals surface area contributed by atoms with Gasteiger partial charge in [0.2, 0.25) is 0 Å². The molecule has 4 nitrogen and oxygen atoms in total. The minimum Gasteiger partial charge on any atom is -0.493 e. The van der Waals surface area contributed by atoms with Gasteiger partial charge < -0.3 is 9.47 Å². The van der Waals surface area contributed by atoms with Crippen LogP contribution in [-0.2, 0) is 9.53 Å². The van der Waals surface area contributed by atoms with Crippen LogP contribution < -0.4 is 4.74 Å². The van der Waals surface area contributed by atoms with E-state index in [0.29, 0.717) is 30.8 Å². The van der Waals surface area contributed by atoms with Gasteiger partial charge in [0.15, 0.2) is 5.78 Å². The lowest BCUT2D eigenvalue weighted by Gasteiger charge is -2.10. The topological polar surface area (TPSA) is 52.6 Å². The summed E-state index contributed by atoms with van der Waals surface area (Å²) in [5.74, 6) is 0.314. The molecule has 104 valence electrons. The third-order valence-corrected chi connectivity index (χ3v) is 2.75. The number of carbonyl (C=O) groups is 2. The summed E-state index contributed by atoms with van der Waals surface area (Å²) in [4.78, 5) is 23.1. The van der Waals surface area contributed by atoms with E-state index in [0.717, 1.165) is 5.56 Å². The molecule has 0 unspecified atom stereocenters. The number of esters is 1. The second kappa shape index (κ2) is 7.56. The molecule has 1 aromatic carbocycles. The second-order valence-corrected chi connectivity index (χ2v) is 4.29. The fourth-order valence-electron chi connectivity index (χ4n) is 1.77. The van der Waals surface area contributed by atoms with Crippen molar-refractivity contribution >= 4 is 11.8 Å². The van der Waals surface area contributed by atoms with Crippen LogP contribution in [0.1, 0.15) is 42.1 Å². The summed E-state index contributed by atoms with van der Waals surface area (Å²) in [6.45, 7) is 4.33. The lowest BCUT2D eigenvalue weighted by molar-refractivity contribution is -0.140. The Morgan fingerprint density at radius 3 is 2.58 bits per heavy atom. The summed E-state index contributed by atoms with van der Waals surface area (Å²) in [7, 11) is 1.35. The summed E-state index contributed by atoms with van der Waals surface area (Å²) in [6.07, 6.45) is 1.07. The molecule has 19 heavy (non-hydrogen) atoms. The highest BCUT2D eigenvalue weighted by atomic mass is 16.5. The molecule has 4 heteroatoms. The van der Waals surface area contributed by atoms with E-state index in [9.17, 15) is 9.59 Å². The number of methoxy groups -OCH3 is 1. The molecule has 0 aliphatic carbocycles. The molecular weight excluding hydrogens is 244 g/mol. The first-order valence-electron chi connectivity index (χ1n) is 6.42. The average Bonchev–Trinajstić information content (AvgIpc) is 2.40. The van der Waals surface area contributed by atoms with Crippen molar-refractivity contribution in [3.63, 3.8) is 0 Å². The first-order chi connectivity index (χ1) is 9.08. The van der Waals surface area contributed by atoms with Crippen LogP contribution in [0.5, 0.6) is 5.75 Å². The van der Waals surface area contributed by atoms with Crippen LogP contribution in [0.3, 0.4) is 0 Å². The smallest absolute Gasteiger partial charge is 0.305 e. The summed E-state index contributed by atoms with van der Waals surface area (Å²) < 4.78 is 9.99. The molecule has 0 aliphatic heterocycles. The van der Waals surface area contributed by atoms with Crippen molar-refractivity contribution in [3.05, 3.63) is 29.3 Å². The van der Waals surface area contributed by atoms with Gasteiger partial charge in [0.25, 0.3) is 0 Å². The van der Waals surface area contributed by atoms with Gasteiger partial charge in [-0.15, -0.1) is 0 Å². The average molecular weight is 264 g/mol. The van der Waals surface area contributed by atoms with Crippen LogP contribution in [0.25, 0.3) is 0 Å². The fourth-order valence-corrected chi connectivity index (χ4v) is 1.77. The Bertz CT molecular complexity index is 451. The van der Waals surface area contributed by atoms with E-state index in [4.69, 9.17) is 4.74 Å². The fraction of sp³-hybridized carbons (Fsp3) is 0.467. The highest BCUT2D eigenvalue weighted by Crippen LogP contribution is 2.22. The first kappa shape index (κ1) is 15.2. The number of benzene rings is 1. The van der Waals surface area contributed by atoms with Crippen LogP contribution >= 0.6 is 0 Å². The minimum absolute atomic E-state index is 0.00365. The monoisotopic (exact) mass is 264 g/mol. The largest absolute Gasteiger partial charge is 0.493 e. The SMILES string of the molecule is CCOc1ccc(C)cc1C(=O)CCCC(=O)OC. The Labute approximate surface area is 113 Å². The second-order valence-electron chi connectivity index (χ2n) is 4.29. The van der Waals surface area contributed by atoms with Crippen LogP contribution in [0.2, 0.25) is 0 Å². The molecular formula is C15H20O4. The molecule has 0 saturated heterocycles. The van der Waals surface area contributed by atoms with Gasteiger partial charge >= 0.3 is 5.97 Å². The Morgan fingerprint density at radius 2 is 1.95 bits per heavy atom. The van der Waals surface area contributed by atoms with Gasteiger partial charge in [-0.1, -0.05) is 11.6 Å². The van der Waals surface area contributed by atoms with Crippen LogP contribution in [0.15, 0.2) is 18.2 Å². The van der Waals surface area contributed by atoms with Crippen molar-refractivity contribution < 1.29 is 19.1 Å². The predicted octanol–water partition coefficient (Wildman–Crippen LogP) is 2.92. The molecule has 1 rings (SSSR count). The number of hydrogen-bond acceptors (Lipinski definition) is 4. The molecule has 0 N–H and O–H groups in total. The highest BCUT2D eigenvalue weighted by Gasteiger charge is 2.13. The maximum Gasteiger partial charge on any atom is 0.305 e. The molecule has 0 radical (unpaired) electrons. The third kappa shape index (κ3) is 4.73. The molecule has 0 aromatic heterocycles. The number of Topliss-reactive ketones (excluding diaryl/α,β-unsaturated/α-hetero) is 1. The Morgan fingerprint density at radius 1 is 1.21 bits per heavy atom. The zero-order valence-corrected chi connectivity index (χ0v) is 11.7. The number of aryl methyl sites for hydroxylation is 1. The van der Waals surface area contributed by atoms with E-state index >= 15 is 0 Å². The molecule has 1 aromatic rings. The van der Waals surface area contributed by atoms with E-state index in [1.54, 1.807) is 0 Å². The lowest BCUT2D eigenvalue weighted by Crippen LogP contribution is -2.06. The Balaban J connectivity index is 2.69. The van der Waals surface area contributed by atoms with Crippen molar-refractivity contribution in [1.29, 1.82) is 0 Å². The standard InChI is InChI=1S/C15H20O4/c1-4-19-14-9-8-11(2)10-12(14)13(16)6-5-7-15(17)18-3/h8-10H,4-7H2,1-3H3. The zero-order valence-electron chi connectivity index (χ0n) is 11.7. The molecule has 0 spiro atoms. The van der Waals surface area contributed by atoms with E-state index in [1.807, 2.05) is 32.0 Å². The molecule has 0 bridgehead atoms. The first-order valence-corrected chi connectivity index (χ1v) is 6.42. The van der Waals surface area contributed by atoms with Crippen molar-refractivity contribution in [2.75, 3.05) is 13.7 Å². The normalized spacial score (nSPS) is 10.1. The maximum atomic E-state index is 12.1. The van der Waals surface area contributed by atoms with Gasteiger partial charge in [-0.3, -0.25) is 9.59 Å². The van der Waals surface area contributed by atoms with E-state index < -0.39 is 0 Å². The van der Waals surface area contributed by atoms with Gasteiger partial charge in [-0.05, 0) is 32.4 Å². The number of carbonyl (C=O) groups excluding carboxylic acids is 2. The molecule has 0 heterocycles. The number of rotatable bonds is 7. The lowest BCUT2D eigenvalue weighted by atomic mass is 10.0. The van der Waals surface area contributed by atoms with Crippen molar-refractivity contribution in [2.45, 2.75) is 33.1 Å². The van der Waals surface area contributed by atoms with Crippen molar-refractivity contribution in [3.8, 4) is 5.75 Å². The molecule has 0 fully saturated rings. The number of ether oxygens (including phenoxy) is 2. The van der Waals surface area contributed by atoms with Gasteiger partial charge in [0, 0.05) is 12.8 Å². The third-order valence-electron chi connectivity index (χ3n) is 2.75. The Hall–Kier alpha value is -1.84. The predicted molar refractivity (Wildman–Crippen MR) is 72.5 cm³/mol. The van der Waals surface area contributed by atoms with Gasteiger partial charge in [0.05, 0.1) is 19.3 Å². The summed E-state index contributed by atoms with van der Waals surface area (Å²) in [5, 5.41) is 0. The van der Waals surface area contributed by atoms with Crippen molar-refractivity contribution in [1.82, 2.24) is 0 Å². The number of ketones is 1. The zero-order chi connectivity index (χ0) is 14.3. The highest BCUT2D eigenvalue weighted by molar-refractivity contribution is 5.99. The van der Waals surface area contributed by atoms with Gasteiger partial charge in [0.1, 0.15) is 5.75 Å².